The highest BCUT2D eigenvalue weighted by Gasteiger charge is 2.42. The molecule has 4 rings (SSSR count). The number of carbonyl (C=O) groups is 2. The lowest BCUT2D eigenvalue weighted by atomic mass is 9.91. The Morgan fingerprint density at radius 2 is 1.68 bits per heavy atom. The topological polar surface area (TPSA) is 74.2 Å². The quantitative estimate of drug-likeness (QED) is 0.608. The number of hydrogen-bond acceptors (Lipinski definition) is 6. The van der Waals surface area contributed by atoms with Crippen molar-refractivity contribution in [3.05, 3.63) is 65.7 Å². The maximum Gasteiger partial charge on any atom is 0.321 e. The van der Waals surface area contributed by atoms with Gasteiger partial charge in [0.05, 0.1) is 6.61 Å². The molecule has 1 amide bonds. The van der Waals surface area contributed by atoms with Gasteiger partial charge in [-0.05, 0) is 31.5 Å². The number of carbonyl (C=O) groups excluding carboxylic acids is 2. The van der Waals surface area contributed by atoms with Crippen molar-refractivity contribution < 1.29 is 14.3 Å². The monoisotopic (exact) mass is 420 g/mol. The minimum absolute atomic E-state index is 0.223. The van der Waals surface area contributed by atoms with Crippen LogP contribution in [0.15, 0.2) is 59.6 Å². The third-order valence-electron chi connectivity index (χ3n) is 5.75. The molecular formula is C24H28N4O3. The average molecular weight is 421 g/mol. The normalized spacial score (nSPS) is 21.4. The molecule has 0 aliphatic carbocycles. The van der Waals surface area contributed by atoms with Crippen LogP contribution >= 0.6 is 0 Å². The Hall–Kier alpha value is -3.35. The first-order valence-electron chi connectivity index (χ1n) is 10.7. The predicted octanol–water partition coefficient (Wildman–Crippen LogP) is 2.52. The van der Waals surface area contributed by atoms with Crippen LogP contribution in [-0.2, 0) is 14.3 Å². The van der Waals surface area contributed by atoms with Crippen molar-refractivity contribution in [3.8, 4) is 0 Å². The first-order chi connectivity index (χ1) is 15.1. The number of aliphatic imine (C=N–C) groups is 1. The molecule has 0 bridgehead atoms. The van der Waals surface area contributed by atoms with E-state index in [4.69, 9.17) is 9.73 Å². The second-order valence-electron chi connectivity index (χ2n) is 7.84. The van der Waals surface area contributed by atoms with Crippen LogP contribution in [0.25, 0.3) is 0 Å². The number of esters is 1. The highest BCUT2D eigenvalue weighted by atomic mass is 16.5. The van der Waals surface area contributed by atoms with Crippen LogP contribution in [0.3, 0.4) is 0 Å². The molecule has 0 spiro atoms. The van der Waals surface area contributed by atoms with Gasteiger partial charge < -0.3 is 14.5 Å². The number of nitrogens with zero attached hydrogens (tertiary/aromatic N) is 3. The van der Waals surface area contributed by atoms with E-state index in [1.807, 2.05) is 49.4 Å². The molecule has 1 saturated heterocycles. The van der Waals surface area contributed by atoms with Crippen molar-refractivity contribution in [2.75, 3.05) is 37.7 Å². The third-order valence-corrected chi connectivity index (χ3v) is 5.75. The lowest BCUT2D eigenvalue weighted by Crippen LogP contribution is -2.57. The summed E-state index contributed by atoms with van der Waals surface area (Å²) in [7, 11) is 0. The Labute approximate surface area is 182 Å². The van der Waals surface area contributed by atoms with E-state index >= 15 is 0 Å². The zero-order valence-electron chi connectivity index (χ0n) is 18.0. The van der Waals surface area contributed by atoms with Gasteiger partial charge in [-0.3, -0.25) is 14.9 Å². The number of para-hydroxylation sites is 1. The van der Waals surface area contributed by atoms with E-state index in [9.17, 15) is 9.59 Å². The highest BCUT2D eigenvalue weighted by Crippen LogP contribution is 2.31. The van der Waals surface area contributed by atoms with Gasteiger partial charge in [0.25, 0.3) is 0 Å². The first-order valence-corrected chi connectivity index (χ1v) is 10.7. The summed E-state index contributed by atoms with van der Waals surface area (Å²) in [5.41, 5.74) is 3.13. The smallest absolute Gasteiger partial charge is 0.321 e. The molecule has 2 aliphatic heterocycles. The summed E-state index contributed by atoms with van der Waals surface area (Å²) >= 11 is 0. The van der Waals surface area contributed by atoms with Crippen molar-refractivity contribution in [2.24, 2.45) is 10.9 Å². The average Bonchev–Trinajstić information content (AvgIpc) is 2.80. The van der Waals surface area contributed by atoms with Gasteiger partial charge in [0.1, 0.15) is 6.04 Å². The third kappa shape index (κ3) is 4.55. The fraction of sp³-hybridized carbons (Fsp3) is 0.375. The Balaban J connectivity index is 1.56. The van der Waals surface area contributed by atoms with Crippen LogP contribution < -0.4 is 10.2 Å². The molecule has 0 saturated carbocycles. The fourth-order valence-corrected chi connectivity index (χ4v) is 4.04. The molecule has 2 aromatic rings. The fourth-order valence-electron chi connectivity index (χ4n) is 4.04. The Morgan fingerprint density at radius 3 is 2.32 bits per heavy atom. The zero-order chi connectivity index (χ0) is 21.8. The van der Waals surface area contributed by atoms with Crippen LogP contribution in [0.1, 0.15) is 24.1 Å². The second kappa shape index (κ2) is 9.20. The number of hydrogen-bond donors (Lipinski definition) is 1. The van der Waals surface area contributed by atoms with Crippen LogP contribution in [0.4, 0.5) is 5.69 Å². The molecule has 2 atom stereocenters. The lowest BCUT2D eigenvalue weighted by Gasteiger charge is -2.39. The molecule has 1 N–H and O–H groups in total. The second-order valence-corrected chi connectivity index (χ2v) is 7.84. The summed E-state index contributed by atoms with van der Waals surface area (Å²) in [6.45, 7) is 7.09. The molecule has 0 radical (unpaired) electrons. The molecule has 2 aliphatic rings. The van der Waals surface area contributed by atoms with Crippen molar-refractivity contribution >= 4 is 23.5 Å². The van der Waals surface area contributed by atoms with Gasteiger partial charge in [0.15, 0.2) is 5.92 Å². The molecule has 162 valence electrons. The van der Waals surface area contributed by atoms with E-state index in [0.29, 0.717) is 5.96 Å². The van der Waals surface area contributed by atoms with Crippen molar-refractivity contribution in [2.45, 2.75) is 19.9 Å². The number of aryl methyl sites for hydroxylation is 1. The van der Waals surface area contributed by atoms with Crippen molar-refractivity contribution in [1.29, 1.82) is 0 Å². The van der Waals surface area contributed by atoms with Crippen LogP contribution in [0.5, 0.6) is 0 Å². The number of ether oxygens (including phenoxy) is 1. The molecular weight excluding hydrogens is 392 g/mol. The van der Waals surface area contributed by atoms with Gasteiger partial charge in [0, 0.05) is 31.9 Å². The summed E-state index contributed by atoms with van der Waals surface area (Å²) < 4.78 is 5.18. The van der Waals surface area contributed by atoms with Crippen LogP contribution in [-0.4, -0.2) is 55.5 Å². The van der Waals surface area contributed by atoms with E-state index in [2.05, 4.69) is 27.2 Å². The van der Waals surface area contributed by atoms with E-state index in [-0.39, 0.29) is 12.5 Å². The van der Waals surface area contributed by atoms with E-state index in [1.54, 1.807) is 6.92 Å². The van der Waals surface area contributed by atoms with Crippen molar-refractivity contribution in [1.82, 2.24) is 10.2 Å². The van der Waals surface area contributed by atoms with Gasteiger partial charge in [-0.15, -0.1) is 0 Å². The standard InChI is InChI=1S/C24H28N4O3/c1-3-31-23(30)20-21(18-11-9-17(2)10-12-18)25-24(26-22(20)29)28-15-13-27(14-16-28)19-7-5-4-6-8-19/h4-12,20-21H,3,13-16H2,1-2H3,(H,25,26,29)/t20-,21-/m1/s1. The molecule has 31 heavy (non-hydrogen) atoms. The van der Waals surface area contributed by atoms with Gasteiger partial charge in [-0.25, -0.2) is 4.99 Å². The summed E-state index contributed by atoms with van der Waals surface area (Å²) in [6, 6.07) is 17.5. The number of anilines is 1. The number of benzene rings is 2. The SMILES string of the molecule is CCOC(=O)[C@H]1C(=O)NC(N2CCN(c3ccccc3)CC2)=N[C@@H]1c1ccc(C)cc1. The van der Waals surface area contributed by atoms with Gasteiger partial charge in [0.2, 0.25) is 11.9 Å². The summed E-state index contributed by atoms with van der Waals surface area (Å²) in [6.07, 6.45) is 0. The zero-order valence-corrected chi connectivity index (χ0v) is 18.0. The Kier molecular flexibility index (Phi) is 6.21. The van der Waals surface area contributed by atoms with Crippen LogP contribution in [0.2, 0.25) is 0 Å². The van der Waals surface area contributed by atoms with E-state index in [0.717, 1.165) is 37.3 Å². The highest BCUT2D eigenvalue weighted by molar-refractivity contribution is 6.08. The largest absolute Gasteiger partial charge is 0.465 e. The maximum atomic E-state index is 13.0. The number of amides is 1. The number of piperazine rings is 1. The minimum atomic E-state index is -0.989. The lowest BCUT2D eigenvalue weighted by molar-refractivity contribution is -0.153. The predicted molar refractivity (Wildman–Crippen MR) is 120 cm³/mol. The molecule has 2 heterocycles. The summed E-state index contributed by atoms with van der Waals surface area (Å²) in [5.74, 6) is -1.36. The van der Waals surface area contributed by atoms with Crippen molar-refractivity contribution in [3.63, 3.8) is 0 Å². The molecule has 7 heteroatoms. The molecule has 1 fully saturated rings. The number of rotatable bonds is 4. The number of guanidine groups is 1. The minimum Gasteiger partial charge on any atom is -0.465 e. The van der Waals surface area contributed by atoms with E-state index in [1.165, 1.54) is 5.69 Å². The number of nitrogens with one attached hydrogen (secondary N) is 1. The first kappa shape index (κ1) is 20.9. The molecule has 0 aromatic heterocycles. The van der Waals surface area contributed by atoms with Gasteiger partial charge >= 0.3 is 5.97 Å². The van der Waals surface area contributed by atoms with Gasteiger partial charge in [-0.1, -0.05) is 48.0 Å². The van der Waals surface area contributed by atoms with Crippen LogP contribution in [0, 0.1) is 12.8 Å². The maximum absolute atomic E-state index is 13.0. The molecule has 7 nitrogen and oxygen atoms in total. The summed E-state index contributed by atoms with van der Waals surface area (Å²) in [4.78, 5) is 34.8. The van der Waals surface area contributed by atoms with E-state index < -0.39 is 17.9 Å². The Morgan fingerprint density at radius 1 is 1.03 bits per heavy atom. The Bertz CT molecular complexity index is 951. The molecule has 0 unspecified atom stereocenters. The van der Waals surface area contributed by atoms with Gasteiger partial charge in [-0.2, -0.15) is 0 Å². The summed E-state index contributed by atoms with van der Waals surface area (Å²) in [5, 5.41) is 2.86. The molecule has 2 aromatic carbocycles.